The first-order valence-corrected chi connectivity index (χ1v) is 11.2. The van der Waals surface area contributed by atoms with E-state index in [0.29, 0.717) is 28.8 Å². The van der Waals surface area contributed by atoms with Gasteiger partial charge in [-0.1, -0.05) is 35.9 Å². The lowest BCUT2D eigenvalue weighted by Crippen LogP contribution is -2.29. The van der Waals surface area contributed by atoms with E-state index >= 15 is 0 Å². The molecule has 3 aromatic carbocycles. The fourth-order valence-electron chi connectivity index (χ4n) is 4.43. The van der Waals surface area contributed by atoms with Gasteiger partial charge in [0, 0.05) is 17.5 Å². The fourth-order valence-corrected chi connectivity index (χ4v) is 4.61. The highest BCUT2D eigenvalue weighted by Crippen LogP contribution is 2.43. The van der Waals surface area contributed by atoms with E-state index in [1.807, 2.05) is 30.3 Å². The molecule has 0 spiro atoms. The molecule has 0 saturated carbocycles. The number of hydrogen-bond donors (Lipinski definition) is 0. The van der Waals surface area contributed by atoms with Crippen molar-refractivity contribution in [1.29, 1.82) is 0 Å². The molecule has 4 aromatic rings. The molecule has 0 saturated heterocycles. The van der Waals surface area contributed by atoms with Crippen LogP contribution >= 0.6 is 11.6 Å². The van der Waals surface area contributed by atoms with E-state index in [4.69, 9.17) is 25.5 Å². The van der Waals surface area contributed by atoms with Gasteiger partial charge in [0.2, 0.25) is 12.7 Å². The van der Waals surface area contributed by atoms with Gasteiger partial charge in [-0.3, -0.25) is 4.79 Å². The summed E-state index contributed by atoms with van der Waals surface area (Å²) in [7, 11) is 0. The van der Waals surface area contributed by atoms with Crippen LogP contribution in [0.4, 0.5) is 5.69 Å². The maximum atomic E-state index is 12.6. The Morgan fingerprint density at radius 3 is 2.53 bits per heavy atom. The second kappa shape index (κ2) is 8.08. The number of carbonyl (C=O) groups is 1. The number of carbonyl (C=O) groups excluding carboxylic acids is 1. The monoisotopic (exact) mass is 470 g/mol. The first-order chi connectivity index (χ1) is 16.6. The van der Waals surface area contributed by atoms with Crippen LogP contribution in [0.2, 0.25) is 5.02 Å². The Hall–Kier alpha value is -4.03. The number of fused-ring (bicyclic) bond motifs is 3. The summed E-state index contributed by atoms with van der Waals surface area (Å²) in [5.41, 5.74) is 6.53. The molecule has 34 heavy (non-hydrogen) atoms. The van der Waals surface area contributed by atoms with Crippen molar-refractivity contribution in [2.24, 2.45) is 0 Å². The minimum Gasteiger partial charge on any atom is -0.454 e. The number of hydrogen-bond acceptors (Lipinski definition) is 5. The van der Waals surface area contributed by atoms with Crippen molar-refractivity contribution in [3.8, 4) is 33.9 Å². The molecule has 2 aliphatic rings. The number of anilines is 1. The largest absolute Gasteiger partial charge is 0.454 e. The summed E-state index contributed by atoms with van der Waals surface area (Å²) >= 11 is 6.22. The van der Waals surface area contributed by atoms with Gasteiger partial charge in [-0.25, -0.2) is 4.98 Å². The summed E-state index contributed by atoms with van der Waals surface area (Å²) in [6, 6.07) is 15.7. The summed E-state index contributed by atoms with van der Waals surface area (Å²) in [6.07, 6.45) is 7.14. The molecule has 6 rings (SSSR count). The van der Waals surface area contributed by atoms with Crippen molar-refractivity contribution in [3.63, 3.8) is 0 Å². The van der Waals surface area contributed by atoms with Crippen LogP contribution in [-0.4, -0.2) is 17.7 Å². The van der Waals surface area contributed by atoms with Gasteiger partial charge >= 0.3 is 0 Å². The summed E-state index contributed by atoms with van der Waals surface area (Å²) in [5.74, 6) is 1.94. The van der Waals surface area contributed by atoms with Crippen LogP contribution < -0.4 is 14.4 Å². The van der Waals surface area contributed by atoms with Gasteiger partial charge in [-0.05, 0) is 64.2 Å². The molecule has 7 heteroatoms. The topological polar surface area (TPSA) is 64.8 Å². The number of oxazole rings is 1. The SMILES string of the molecule is CC(=O)N1Cc2cc(-c3cc4c(cc3-c3cnco3)OCO4)ccc2C=Cc2cc(Cl)ccc21. The number of halogens is 1. The van der Waals surface area contributed by atoms with Gasteiger partial charge in [-0.15, -0.1) is 0 Å². The molecule has 0 radical (unpaired) electrons. The Kier molecular flexibility index (Phi) is 4.89. The third-order valence-corrected chi connectivity index (χ3v) is 6.33. The molecule has 0 aliphatic carbocycles. The molecule has 0 unspecified atom stereocenters. The number of ether oxygens (including phenoxy) is 2. The molecule has 1 aromatic heterocycles. The average Bonchev–Trinajstić information content (AvgIpc) is 3.51. The van der Waals surface area contributed by atoms with Gasteiger partial charge in [0.1, 0.15) is 0 Å². The smallest absolute Gasteiger partial charge is 0.231 e. The molecule has 0 N–H and O–H groups in total. The van der Waals surface area contributed by atoms with E-state index in [-0.39, 0.29) is 12.7 Å². The highest BCUT2D eigenvalue weighted by molar-refractivity contribution is 6.30. The third-order valence-electron chi connectivity index (χ3n) is 6.10. The van der Waals surface area contributed by atoms with E-state index in [0.717, 1.165) is 39.1 Å². The van der Waals surface area contributed by atoms with Crippen LogP contribution in [0.5, 0.6) is 11.5 Å². The van der Waals surface area contributed by atoms with E-state index < -0.39 is 0 Å². The molecular formula is C27H19ClN2O4. The zero-order valence-electron chi connectivity index (χ0n) is 18.2. The highest BCUT2D eigenvalue weighted by Gasteiger charge is 2.23. The average molecular weight is 471 g/mol. The first-order valence-electron chi connectivity index (χ1n) is 10.8. The number of nitrogens with zero attached hydrogens (tertiary/aromatic N) is 2. The maximum Gasteiger partial charge on any atom is 0.231 e. The second-order valence-corrected chi connectivity index (χ2v) is 8.61. The summed E-state index contributed by atoms with van der Waals surface area (Å²) in [4.78, 5) is 18.5. The number of benzene rings is 3. The summed E-state index contributed by atoms with van der Waals surface area (Å²) in [6.45, 7) is 2.19. The molecule has 168 valence electrons. The lowest BCUT2D eigenvalue weighted by molar-refractivity contribution is -0.116. The number of rotatable bonds is 2. The third kappa shape index (κ3) is 3.53. The van der Waals surface area contributed by atoms with Crippen molar-refractivity contribution in [2.45, 2.75) is 13.5 Å². The fraction of sp³-hybridized carbons (Fsp3) is 0.111. The zero-order chi connectivity index (χ0) is 23.2. The van der Waals surface area contributed by atoms with Crippen molar-refractivity contribution >= 4 is 35.3 Å². The minimum atomic E-state index is -0.0411. The van der Waals surface area contributed by atoms with E-state index in [1.165, 1.54) is 6.39 Å². The molecule has 0 fully saturated rings. The Balaban J connectivity index is 1.50. The molecule has 2 aliphatic heterocycles. The van der Waals surface area contributed by atoms with Crippen LogP contribution in [0.15, 0.2) is 65.5 Å². The van der Waals surface area contributed by atoms with Crippen molar-refractivity contribution in [2.75, 3.05) is 11.7 Å². The zero-order valence-corrected chi connectivity index (χ0v) is 19.0. The van der Waals surface area contributed by atoms with Crippen LogP contribution in [-0.2, 0) is 11.3 Å². The molecule has 6 nitrogen and oxygen atoms in total. The Morgan fingerprint density at radius 1 is 0.971 bits per heavy atom. The van der Waals surface area contributed by atoms with Gasteiger partial charge in [-0.2, -0.15) is 0 Å². The van der Waals surface area contributed by atoms with Gasteiger partial charge in [0.25, 0.3) is 0 Å². The Labute approximate surface area is 201 Å². The quantitative estimate of drug-likeness (QED) is 0.338. The van der Waals surface area contributed by atoms with Gasteiger partial charge in [0.05, 0.1) is 18.4 Å². The van der Waals surface area contributed by atoms with Crippen LogP contribution in [0.25, 0.3) is 34.6 Å². The predicted octanol–water partition coefficient (Wildman–Crippen LogP) is 6.43. The summed E-state index contributed by atoms with van der Waals surface area (Å²) in [5, 5.41) is 0.630. The second-order valence-electron chi connectivity index (χ2n) is 8.17. The van der Waals surface area contributed by atoms with Crippen molar-refractivity contribution in [1.82, 2.24) is 4.98 Å². The standard InChI is InChI=1S/C27H19ClN2O4/c1-16(31)30-13-20-8-18(4-2-17(20)3-5-19-9-21(28)6-7-24(19)30)22-10-25-26(34-15-33-25)11-23(22)27-12-29-14-32-27/h2-12,14H,13,15H2,1H3. The predicted molar refractivity (Wildman–Crippen MR) is 131 cm³/mol. The molecule has 1 amide bonds. The normalized spacial score (nSPS) is 13.8. The van der Waals surface area contributed by atoms with E-state index in [9.17, 15) is 4.79 Å². The molecule has 3 heterocycles. The summed E-state index contributed by atoms with van der Waals surface area (Å²) < 4.78 is 16.8. The Bertz CT molecular complexity index is 1460. The first kappa shape index (κ1) is 20.6. The minimum absolute atomic E-state index is 0.0411. The van der Waals surface area contributed by atoms with E-state index in [2.05, 4.69) is 29.3 Å². The van der Waals surface area contributed by atoms with Gasteiger partial charge < -0.3 is 18.8 Å². The van der Waals surface area contributed by atoms with Gasteiger partial charge in [0.15, 0.2) is 23.7 Å². The highest BCUT2D eigenvalue weighted by atomic mass is 35.5. The van der Waals surface area contributed by atoms with Crippen LogP contribution in [0.1, 0.15) is 23.6 Å². The maximum absolute atomic E-state index is 12.6. The van der Waals surface area contributed by atoms with E-state index in [1.54, 1.807) is 24.1 Å². The van der Waals surface area contributed by atoms with Crippen molar-refractivity contribution in [3.05, 3.63) is 82.8 Å². The lowest BCUT2D eigenvalue weighted by Gasteiger charge is -2.26. The van der Waals surface area contributed by atoms with Crippen LogP contribution in [0.3, 0.4) is 0 Å². The lowest BCUT2D eigenvalue weighted by atomic mass is 9.93. The Morgan fingerprint density at radius 2 is 1.76 bits per heavy atom. The van der Waals surface area contributed by atoms with Crippen LogP contribution in [0, 0.1) is 0 Å². The molecular weight excluding hydrogens is 452 g/mol. The molecule has 0 bridgehead atoms. The molecule has 0 atom stereocenters. The number of amides is 1. The van der Waals surface area contributed by atoms with Crippen molar-refractivity contribution < 1.29 is 18.7 Å². The number of aromatic nitrogens is 1.